The molecule has 1 amide bonds. The van der Waals surface area contributed by atoms with E-state index < -0.39 is 5.97 Å². The van der Waals surface area contributed by atoms with Crippen molar-refractivity contribution in [3.05, 3.63) is 76.2 Å². The molecule has 0 aliphatic carbocycles. The highest BCUT2D eigenvalue weighted by molar-refractivity contribution is 7.09. The Morgan fingerprint density at radius 3 is 2.42 bits per heavy atom. The van der Waals surface area contributed by atoms with Gasteiger partial charge in [-0.2, -0.15) is 0 Å². The minimum Gasteiger partial charge on any atom is -0.464 e. The average molecular weight is 439 g/mol. The third-order valence-corrected chi connectivity index (χ3v) is 5.55. The molecule has 2 aromatic carbocycles. The maximum Gasteiger partial charge on any atom is 0.357 e. The molecule has 0 radical (unpaired) electrons. The lowest BCUT2D eigenvalue weighted by molar-refractivity contribution is 0.0594. The van der Waals surface area contributed by atoms with Crippen LogP contribution in [0.1, 0.15) is 39.2 Å². The molecule has 0 aliphatic rings. The zero-order valence-corrected chi connectivity index (χ0v) is 18.6. The van der Waals surface area contributed by atoms with Crippen LogP contribution in [0.25, 0.3) is 11.1 Å². The Labute approximate surface area is 186 Å². The Morgan fingerprint density at radius 2 is 1.74 bits per heavy atom. The first-order valence-electron chi connectivity index (χ1n) is 10.2. The van der Waals surface area contributed by atoms with E-state index >= 15 is 0 Å². The van der Waals surface area contributed by atoms with Crippen LogP contribution in [0.2, 0.25) is 0 Å². The van der Waals surface area contributed by atoms with Gasteiger partial charge < -0.3 is 14.4 Å². The summed E-state index contributed by atoms with van der Waals surface area (Å²) in [6.45, 7) is 4.03. The number of amides is 1. The molecule has 162 valence electrons. The lowest BCUT2D eigenvalue weighted by Crippen LogP contribution is -2.32. The number of rotatable bonds is 10. The number of thiazole rings is 1. The average Bonchev–Trinajstić information content (AvgIpc) is 3.29. The van der Waals surface area contributed by atoms with E-state index in [1.54, 1.807) is 10.3 Å². The van der Waals surface area contributed by atoms with Gasteiger partial charge in [0.05, 0.1) is 13.7 Å². The maximum absolute atomic E-state index is 13.2. The van der Waals surface area contributed by atoms with Crippen molar-refractivity contribution >= 4 is 23.2 Å². The molecular formula is C24H26N2O4S. The molecular weight excluding hydrogens is 412 g/mol. The predicted octanol–water partition coefficient (Wildman–Crippen LogP) is 4.67. The molecule has 3 aromatic rings. The van der Waals surface area contributed by atoms with Gasteiger partial charge in [-0.15, -0.1) is 11.3 Å². The van der Waals surface area contributed by atoms with Crippen LogP contribution in [0.3, 0.4) is 0 Å². The van der Waals surface area contributed by atoms with E-state index in [4.69, 9.17) is 9.47 Å². The highest BCUT2D eigenvalue weighted by Crippen LogP contribution is 2.21. The number of benzene rings is 2. The van der Waals surface area contributed by atoms with E-state index in [9.17, 15) is 9.59 Å². The van der Waals surface area contributed by atoms with Gasteiger partial charge in [-0.05, 0) is 36.6 Å². The number of nitrogens with zero attached hydrogens (tertiary/aromatic N) is 2. The Hall–Kier alpha value is -3.03. The van der Waals surface area contributed by atoms with Gasteiger partial charge in [-0.1, -0.05) is 42.5 Å². The standard InChI is InChI=1S/C24H26N2O4S/c1-3-30-15-7-14-26(16-22-25-21(17-31-22)24(28)29-2)23(27)20-12-10-19(11-13-20)18-8-5-4-6-9-18/h4-6,8-13,17H,3,7,14-16H2,1-2H3. The van der Waals surface area contributed by atoms with Crippen molar-refractivity contribution in [2.45, 2.75) is 19.9 Å². The smallest absolute Gasteiger partial charge is 0.357 e. The number of methoxy groups -OCH3 is 1. The zero-order valence-electron chi connectivity index (χ0n) is 17.7. The van der Waals surface area contributed by atoms with E-state index in [0.29, 0.717) is 36.9 Å². The predicted molar refractivity (Wildman–Crippen MR) is 121 cm³/mol. The quantitative estimate of drug-likeness (QED) is 0.340. The van der Waals surface area contributed by atoms with E-state index in [1.807, 2.05) is 61.5 Å². The molecule has 0 unspecified atom stereocenters. The molecule has 0 saturated heterocycles. The second kappa shape index (κ2) is 11.4. The molecule has 0 atom stereocenters. The first kappa shape index (κ1) is 22.7. The summed E-state index contributed by atoms with van der Waals surface area (Å²) in [5.74, 6) is -0.556. The van der Waals surface area contributed by atoms with E-state index in [2.05, 4.69) is 4.98 Å². The van der Waals surface area contributed by atoms with Crippen molar-refractivity contribution in [3.8, 4) is 11.1 Å². The fourth-order valence-electron chi connectivity index (χ4n) is 3.12. The molecule has 0 aliphatic heterocycles. The Balaban J connectivity index is 1.75. The molecule has 0 bridgehead atoms. The monoisotopic (exact) mass is 438 g/mol. The Bertz CT molecular complexity index is 986. The summed E-state index contributed by atoms with van der Waals surface area (Å²) in [5.41, 5.74) is 3.04. The molecule has 31 heavy (non-hydrogen) atoms. The van der Waals surface area contributed by atoms with Gasteiger partial charge in [0.1, 0.15) is 5.01 Å². The van der Waals surface area contributed by atoms with E-state index in [0.717, 1.165) is 17.5 Å². The van der Waals surface area contributed by atoms with Gasteiger partial charge in [0.25, 0.3) is 5.91 Å². The van der Waals surface area contributed by atoms with Crippen molar-refractivity contribution in [3.63, 3.8) is 0 Å². The summed E-state index contributed by atoms with van der Waals surface area (Å²) in [4.78, 5) is 31.0. The van der Waals surface area contributed by atoms with Gasteiger partial charge in [-0.25, -0.2) is 9.78 Å². The number of ether oxygens (including phenoxy) is 2. The van der Waals surface area contributed by atoms with Gasteiger partial charge in [0, 0.05) is 30.7 Å². The number of hydrogen-bond donors (Lipinski definition) is 0. The van der Waals surface area contributed by atoms with Crippen LogP contribution in [0.4, 0.5) is 0 Å². The number of hydrogen-bond acceptors (Lipinski definition) is 6. The van der Waals surface area contributed by atoms with Crippen molar-refractivity contribution in [1.29, 1.82) is 0 Å². The minimum atomic E-state index is -0.478. The van der Waals surface area contributed by atoms with Gasteiger partial charge >= 0.3 is 5.97 Å². The van der Waals surface area contributed by atoms with Crippen molar-refractivity contribution in [2.75, 3.05) is 26.9 Å². The molecule has 0 N–H and O–H groups in total. The molecule has 1 heterocycles. The maximum atomic E-state index is 13.2. The Kier molecular flexibility index (Phi) is 8.32. The third kappa shape index (κ3) is 6.23. The summed E-state index contributed by atoms with van der Waals surface area (Å²) >= 11 is 1.34. The highest BCUT2D eigenvalue weighted by atomic mass is 32.1. The molecule has 6 nitrogen and oxygen atoms in total. The summed E-state index contributed by atoms with van der Waals surface area (Å²) < 4.78 is 10.1. The summed E-state index contributed by atoms with van der Waals surface area (Å²) in [5, 5.41) is 2.34. The second-order valence-corrected chi connectivity index (χ2v) is 7.78. The number of carbonyl (C=O) groups is 2. The highest BCUT2D eigenvalue weighted by Gasteiger charge is 2.19. The lowest BCUT2D eigenvalue weighted by atomic mass is 10.0. The number of aromatic nitrogens is 1. The molecule has 7 heteroatoms. The van der Waals surface area contributed by atoms with Gasteiger partial charge in [0.2, 0.25) is 0 Å². The summed E-state index contributed by atoms with van der Waals surface area (Å²) in [7, 11) is 1.32. The van der Waals surface area contributed by atoms with Crippen LogP contribution >= 0.6 is 11.3 Å². The number of esters is 1. The molecule has 0 fully saturated rings. The van der Waals surface area contributed by atoms with Crippen LogP contribution in [0.5, 0.6) is 0 Å². The Morgan fingerprint density at radius 1 is 1.03 bits per heavy atom. The van der Waals surface area contributed by atoms with Gasteiger partial charge in [-0.3, -0.25) is 4.79 Å². The lowest BCUT2D eigenvalue weighted by Gasteiger charge is -2.22. The largest absolute Gasteiger partial charge is 0.464 e. The number of carbonyl (C=O) groups excluding carboxylic acids is 2. The molecule has 3 rings (SSSR count). The molecule has 1 aromatic heterocycles. The fourth-order valence-corrected chi connectivity index (χ4v) is 3.90. The van der Waals surface area contributed by atoms with Crippen molar-refractivity contribution in [1.82, 2.24) is 9.88 Å². The van der Waals surface area contributed by atoms with Crippen LogP contribution in [0, 0.1) is 0 Å². The normalized spacial score (nSPS) is 10.6. The zero-order chi connectivity index (χ0) is 22.1. The third-order valence-electron chi connectivity index (χ3n) is 4.72. The molecule has 0 saturated carbocycles. The minimum absolute atomic E-state index is 0.0778. The van der Waals surface area contributed by atoms with Crippen LogP contribution in [-0.4, -0.2) is 48.6 Å². The van der Waals surface area contributed by atoms with Gasteiger partial charge in [0.15, 0.2) is 5.69 Å². The second-order valence-electron chi connectivity index (χ2n) is 6.84. The molecule has 0 spiro atoms. The van der Waals surface area contributed by atoms with E-state index in [-0.39, 0.29) is 11.6 Å². The van der Waals surface area contributed by atoms with Crippen LogP contribution in [0.15, 0.2) is 60.0 Å². The van der Waals surface area contributed by atoms with Crippen molar-refractivity contribution < 1.29 is 19.1 Å². The van der Waals surface area contributed by atoms with Crippen LogP contribution < -0.4 is 0 Å². The first-order valence-corrected chi connectivity index (χ1v) is 11.1. The van der Waals surface area contributed by atoms with Crippen LogP contribution in [-0.2, 0) is 16.0 Å². The summed E-state index contributed by atoms with van der Waals surface area (Å²) in [6.07, 6.45) is 0.719. The summed E-state index contributed by atoms with van der Waals surface area (Å²) in [6, 6.07) is 17.7. The van der Waals surface area contributed by atoms with Crippen molar-refractivity contribution in [2.24, 2.45) is 0 Å². The fraction of sp³-hybridized carbons (Fsp3) is 0.292. The first-order chi connectivity index (χ1) is 15.1. The SMILES string of the molecule is CCOCCCN(Cc1nc(C(=O)OC)cs1)C(=O)c1ccc(-c2ccccc2)cc1. The topological polar surface area (TPSA) is 68.7 Å². The van der Waals surface area contributed by atoms with E-state index in [1.165, 1.54) is 18.4 Å².